The fraction of sp³-hybridized carbons (Fsp3) is 0.0667. The van der Waals surface area contributed by atoms with Crippen molar-refractivity contribution in [2.24, 2.45) is 0 Å². The SMILES string of the molecule is O=[N+]([O-])c1cccc(F)c1NCc1cc2ccccc2o1. The number of rotatable bonds is 4. The van der Waals surface area contributed by atoms with Gasteiger partial charge in [-0.2, -0.15) is 0 Å². The molecular weight excluding hydrogens is 275 g/mol. The van der Waals surface area contributed by atoms with Crippen LogP contribution < -0.4 is 5.32 Å². The third-order valence-corrected chi connectivity index (χ3v) is 3.10. The van der Waals surface area contributed by atoms with Gasteiger partial charge in [-0.3, -0.25) is 10.1 Å². The lowest BCUT2D eigenvalue weighted by Gasteiger charge is -2.06. The van der Waals surface area contributed by atoms with Gasteiger partial charge in [0.25, 0.3) is 5.69 Å². The minimum absolute atomic E-state index is 0.136. The Hall–Kier alpha value is -2.89. The summed E-state index contributed by atoms with van der Waals surface area (Å²) in [5.74, 6) is -0.0888. The third kappa shape index (κ3) is 2.55. The van der Waals surface area contributed by atoms with Crippen LogP contribution >= 0.6 is 0 Å². The first-order valence-corrected chi connectivity index (χ1v) is 6.29. The van der Waals surface area contributed by atoms with Crippen LogP contribution in [-0.2, 0) is 6.54 Å². The highest BCUT2D eigenvalue weighted by atomic mass is 19.1. The number of hydrogen-bond donors (Lipinski definition) is 1. The number of benzene rings is 2. The molecule has 3 rings (SSSR count). The summed E-state index contributed by atoms with van der Waals surface area (Å²) in [6.45, 7) is 0.163. The van der Waals surface area contributed by atoms with Crippen LogP contribution in [0.1, 0.15) is 5.76 Å². The van der Waals surface area contributed by atoms with Gasteiger partial charge in [-0.15, -0.1) is 0 Å². The monoisotopic (exact) mass is 286 g/mol. The van der Waals surface area contributed by atoms with E-state index in [1.165, 1.54) is 18.2 Å². The van der Waals surface area contributed by atoms with Crippen LogP contribution in [-0.4, -0.2) is 4.92 Å². The molecule has 1 N–H and O–H groups in total. The van der Waals surface area contributed by atoms with Crippen LogP contribution in [0.15, 0.2) is 52.9 Å². The fourth-order valence-corrected chi connectivity index (χ4v) is 2.14. The van der Waals surface area contributed by atoms with Crippen molar-refractivity contribution in [2.75, 3.05) is 5.32 Å². The molecule has 0 saturated heterocycles. The molecule has 3 aromatic rings. The standard InChI is InChI=1S/C15H11FN2O3/c16-12-5-3-6-13(18(19)20)15(12)17-9-11-8-10-4-1-2-7-14(10)21-11/h1-8,17H,9H2. The second-order valence-electron chi connectivity index (χ2n) is 4.50. The van der Waals surface area contributed by atoms with Gasteiger partial charge in [0.2, 0.25) is 0 Å². The summed E-state index contributed by atoms with van der Waals surface area (Å²) < 4.78 is 19.3. The first-order valence-electron chi connectivity index (χ1n) is 6.29. The maximum atomic E-state index is 13.7. The van der Waals surface area contributed by atoms with Gasteiger partial charge in [0.1, 0.15) is 17.0 Å². The van der Waals surface area contributed by atoms with Gasteiger partial charge in [-0.25, -0.2) is 4.39 Å². The van der Waals surface area contributed by atoms with Crippen molar-refractivity contribution in [1.82, 2.24) is 0 Å². The number of furan rings is 1. The number of nitrogens with zero attached hydrogens (tertiary/aromatic N) is 1. The van der Waals surface area contributed by atoms with Crippen molar-refractivity contribution in [1.29, 1.82) is 0 Å². The summed E-state index contributed by atoms with van der Waals surface area (Å²) >= 11 is 0. The smallest absolute Gasteiger partial charge is 0.295 e. The largest absolute Gasteiger partial charge is 0.459 e. The average molecular weight is 286 g/mol. The topological polar surface area (TPSA) is 68.3 Å². The van der Waals surface area contributed by atoms with Gasteiger partial charge in [-0.1, -0.05) is 24.3 Å². The predicted molar refractivity (Wildman–Crippen MR) is 76.6 cm³/mol. The number of halogens is 1. The van der Waals surface area contributed by atoms with Crippen molar-refractivity contribution >= 4 is 22.3 Å². The van der Waals surface area contributed by atoms with Crippen molar-refractivity contribution in [3.63, 3.8) is 0 Å². The Bertz CT molecular complexity index is 781. The third-order valence-electron chi connectivity index (χ3n) is 3.10. The molecule has 1 aromatic heterocycles. The lowest BCUT2D eigenvalue weighted by Crippen LogP contribution is -2.04. The summed E-state index contributed by atoms with van der Waals surface area (Å²) in [5.41, 5.74) is 0.284. The van der Waals surface area contributed by atoms with E-state index in [2.05, 4.69) is 5.32 Å². The molecule has 0 amide bonds. The Morgan fingerprint density at radius 3 is 2.76 bits per heavy atom. The van der Waals surface area contributed by atoms with Crippen molar-refractivity contribution in [2.45, 2.75) is 6.54 Å². The molecule has 0 aliphatic carbocycles. The Labute approximate surface area is 119 Å². The molecule has 6 heteroatoms. The zero-order chi connectivity index (χ0) is 14.8. The molecule has 1 heterocycles. The number of nitro benzene ring substituents is 1. The van der Waals surface area contributed by atoms with Gasteiger partial charge in [0, 0.05) is 11.5 Å². The van der Waals surface area contributed by atoms with E-state index in [4.69, 9.17) is 4.42 Å². The molecule has 5 nitrogen and oxygen atoms in total. The van der Waals surface area contributed by atoms with E-state index < -0.39 is 10.7 Å². The summed E-state index contributed by atoms with van der Waals surface area (Å²) in [7, 11) is 0. The Kier molecular flexibility index (Phi) is 3.27. The van der Waals surface area contributed by atoms with E-state index in [1.807, 2.05) is 30.3 Å². The second kappa shape index (κ2) is 5.24. The molecule has 106 valence electrons. The quantitative estimate of drug-likeness (QED) is 0.579. The maximum absolute atomic E-state index is 13.7. The predicted octanol–water partition coefficient (Wildman–Crippen LogP) is 4.09. The normalized spacial score (nSPS) is 10.7. The van der Waals surface area contributed by atoms with Crippen LogP contribution in [0, 0.1) is 15.9 Å². The minimum atomic E-state index is -0.666. The van der Waals surface area contributed by atoms with Gasteiger partial charge in [0.15, 0.2) is 5.82 Å². The number of hydrogen-bond acceptors (Lipinski definition) is 4. The number of nitro groups is 1. The highest BCUT2D eigenvalue weighted by Gasteiger charge is 2.17. The number of fused-ring (bicyclic) bond motifs is 1. The van der Waals surface area contributed by atoms with E-state index >= 15 is 0 Å². The molecule has 2 aromatic carbocycles. The summed E-state index contributed by atoms with van der Waals surface area (Å²) in [5, 5.41) is 14.6. The Morgan fingerprint density at radius 1 is 1.19 bits per heavy atom. The van der Waals surface area contributed by atoms with Gasteiger partial charge in [-0.05, 0) is 18.2 Å². The van der Waals surface area contributed by atoms with E-state index in [0.717, 1.165) is 11.0 Å². The molecule has 0 aliphatic heterocycles. The molecule has 0 spiro atoms. The molecule has 0 unspecified atom stereocenters. The molecule has 21 heavy (non-hydrogen) atoms. The van der Waals surface area contributed by atoms with Crippen LogP contribution in [0.25, 0.3) is 11.0 Å². The van der Waals surface area contributed by atoms with Gasteiger partial charge >= 0.3 is 0 Å². The Morgan fingerprint density at radius 2 is 2.00 bits per heavy atom. The number of para-hydroxylation sites is 2. The molecule has 0 atom stereocenters. The average Bonchev–Trinajstić information content (AvgIpc) is 2.88. The highest BCUT2D eigenvalue weighted by Crippen LogP contribution is 2.28. The van der Waals surface area contributed by atoms with E-state index in [-0.39, 0.29) is 17.9 Å². The van der Waals surface area contributed by atoms with E-state index in [9.17, 15) is 14.5 Å². The second-order valence-corrected chi connectivity index (χ2v) is 4.50. The van der Waals surface area contributed by atoms with Crippen molar-refractivity contribution in [3.8, 4) is 0 Å². The fourth-order valence-electron chi connectivity index (χ4n) is 2.14. The van der Waals surface area contributed by atoms with Crippen molar-refractivity contribution < 1.29 is 13.7 Å². The first kappa shape index (κ1) is 13.1. The zero-order valence-electron chi connectivity index (χ0n) is 10.9. The molecule has 0 radical (unpaired) electrons. The first-order chi connectivity index (χ1) is 10.1. The van der Waals surface area contributed by atoms with Gasteiger partial charge < -0.3 is 9.73 Å². The highest BCUT2D eigenvalue weighted by molar-refractivity contribution is 5.77. The summed E-state index contributed by atoms with van der Waals surface area (Å²) in [6, 6.07) is 13.0. The number of anilines is 1. The zero-order valence-corrected chi connectivity index (χ0v) is 10.9. The van der Waals surface area contributed by atoms with Crippen LogP contribution in [0.5, 0.6) is 0 Å². The van der Waals surface area contributed by atoms with Crippen LogP contribution in [0.4, 0.5) is 15.8 Å². The van der Waals surface area contributed by atoms with Crippen LogP contribution in [0.3, 0.4) is 0 Å². The summed E-state index contributed by atoms with van der Waals surface area (Å²) in [4.78, 5) is 10.3. The summed E-state index contributed by atoms with van der Waals surface area (Å²) in [6.07, 6.45) is 0. The molecule has 0 fully saturated rings. The van der Waals surface area contributed by atoms with Crippen LogP contribution in [0.2, 0.25) is 0 Å². The lowest BCUT2D eigenvalue weighted by molar-refractivity contribution is -0.384. The van der Waals surface area contributed by atoms with E-state index in [1.54, 1.807) is 0 Å². The molecule has 0 saturated carbocycles. The Balaban J connectivity index is 1.86. The maximum Gasteiger partial charge on any atom is 0.295 e. The van der Waals surface area contributed by atoms with E-state index in [0.29, 0.717) is 5.76 Å². The molecular formula is C15H11FN2O3. The van der Waals surface area contributed by atoms with Gasteiger partial charge in [0.05, 0.1) is 11.5 Å². The van der Waals surface area contributed by atoms with Crippen molar-refractivity contribution in [3.05, 3.63) is 70.2 Å². The minimum Gasteiger partial charge on any atom is -0.459 e. The molecule has 0 bridgehead atoms. The lowest BCUT2D eigenvalue weighted by atomic mass is 10.2. The number of nitrogens with one attached hydrogen (secondary N) is 1. The molecule has 0 aliphatic rings.